The molecule has 2 aliphatic rings. The first-order chi connectivity index (χ1) is 8.33. The zero-order valence-electron chi connectivity index (χ0n) is 9.37. The molecule has 1 atom stereocenters. The molecule has 1 saturated heterocycles. The van der Waals surface area contributed by atoms with Crippen LogP contribution in [0.4, 0.5) is 4.39 Å². The number of hydrogen-bond donors (Lipinski definition) is 1. The van der Waals surface area contributed by atoms with Gasteiger partial charge in [0.1, 0.15) is 6.10 Å². The lowest BCUT2D eigenvalue weighted by atomic mass is 10.1. The van der Waals surface area contributed by atoms with Gasteiger partial charge in [-0.1, -0.05) is 0 Å². The maximum atomic E-state index is 13.7. The van der Waals surface area contributed by atoms with Gasteiger partial charge in [-0.25, -0.2) is 4.39 Å². The molecule has 0 spiro atoms. The van der Waals surface area contributed by atoms with Crippen LogP contribution < -0.4 is 19.5 Å². The molecule has 1 fully saturated rings. The maximum Gasteiger partial charge on any atom is 0.231 e. The van der Waals surface area contributed by atoms with E-state index in [0.717, 1.165) is 25.9 Å². The standard InChI is InChI=1S/C12H14FNO3/c13-9-4-11-12(16-7-15-11)5-10(9)17-8-2-1-3-14-6-8/h4-5,8,14H,1-3,6-7H2. The SMILES string of the molecule is Fc1cc2c(cc1OC1CCCNC1)OCO2. The van der Waals surface area contributed by atoms with Gasteiger partial charge in [0.05, 0.1) is 0 Å². The maximum absolute atomic E-state index is 13.7. The van der Waals surface area contributed by atoms with Gasteiger partial charge in [-0.3, -0.25) is 0 Å². The van der Waals surface area contributed by atoms with Crippen molar-refractivity contribution in [3.63, 3.8) is 0 Å². The van der Waals surface area contributed by atoms with Crippen LogP contribution in [0.15, 0.2) is 12.1 Å². The van der Waals surface area contributed by atoms with Crippen LogP contribution in [0.3, 0.4) is 0 Å². The Balaban J connectivity index is 1.78. The number of hydrogen-bond acceptors (Lipinski definition) is 4. The summed E-state index contributed by atoms with van der Waals surface area (Å²) < 4.78 is 29.7. The molecule has 5 heteroatoms. The molecule has 2 aliphatic heterocycles. The van der Waals surface area contributed by atoms with E-state index >= 15 is 0 Å². The van der Waals surface area contributed by atoms with E-state index in [9.17, 15) is 4.39 Å². The van der Waals surface area contributed by atoms with E-state index in [2.05, 4.69) is 5.32 Å². The lowest BCUT2D eigenvalue weighted by Gasteiger charge is -2.24. The first-order valence-corrected chi connectivity index (χ1v) is 5.79. The molecule has 1 aromatic carbocycles. The minimum atomic E-state index is -0.403. The van der Waals surface area contributed by atoms with Gasteiger partial charge in [-0.05, 0) is 19.4 Å². The van der Waals surface area contributed by atoms with E-state index in [1.807, 2.05) is 0 Å². The lowest BCUT2D eigenvalue weighted by molar-refractivity contribution is 0.159. The van der Waals surface area contributed by atoms with Gasteiger partial charge in [-0.15, -0.1) is 0 Å². The molecule has 2 heterocycles. The van der Waals surface area contributed by atoms with Crippen LogP contribution in [-0.4, -0.2) is 26.0 Å². The highest BCUT2D eigenvalue weighted by Crippen LogP contribution is 2.37. The van der Waals surface area contributed by atoms with Crippen LogP contribution in [-0.2, 0) is 0 Å². The summed E-state index contributed by atoms with van der Waals surface area (Å²) in [6.07, 6.45) is 2.02. The van der Waals surface area contributed by atoms with Gasteiger partial charge in [0.15, 0.2) is 23.1 Å². The van der Waals surface area contributed by atoms with E-state index in [1.165, 1.54) is 6.07 Å². The monoisotopic (exact) mass is 239 g/mol. The second-order valence-electron chi connectivity index (χ2n) is 4.22. The molecule has 0 amide bonds. The largest absolute Gasteiger partial charge is 0.486 e. The molecule has 1 aromatic rings. The number of piperidine rings is 1. The van der Waals surface area contributed by atoms with Gasteiger partial charge in [0, 0.05) is 18.7 Å². The summed E-state index contributed by atoms with van der Waals surface area (Å²) in [6.45, 7) is 1.90. The molecule has 4 nitrogen and oxygen atoms in total. The van der Waals surface area contributed by atoms with E-state index in [0.29, 0.717) is 11.5 Å². The molecule has 17 heavy (non-hydrogen) atoms. The number of ether oxygens (including phenoxy) is 3. The Labute approximate surface area is 98.7 Å². The third-order valence-electron chi connectivity index (χ3n) is 2.97. The molecule has 0 aromatic heterocycles. The second kappa shape index (κ2) is 4.41. The minimum absolute atomic E-state index is 0.0265. The van der Waals surface area contributed by atoms with Crippen LogP contribution in [0.1, 0.15) is 12.8 Å². The number of rotatable bonds is 2. The van der Waals surface area contributed by atoms with Crippen molar-refractivity contribution >= 4 is 0 Å². The zero-order valence-corrected chi connectivity index (χ0v) is 9.37. The van der Waals surface area contributed by atoms with Crippen molar-refractivity contribution in [2.24, 2.45) is 0 Å². The van der Waals surface area contributed by atoms with E-state index in [-0.39, 0.29) is 18.6 Å². The second-order valence-corrected chi connectivity index (χ2v) is 4.22. The van der Waals surface area contributed by atoms with Crippen LogP contribution in [0, 0.1) is 5.82 Å². The molecule has 1 unspecified atom stereocenters. The summed E-state index contributed by atoms with van der Waals surface area (Å²) in [4.78, 5) is 0. The predicted octanol–water partition coefficient (Wildman–Crippen LogP) is 1.69. The third-order valence-corrected chi connectivity index (χ3v) is 2.97. The fourth-order valence-corrected chi connectivity index (χ4v) is 2.09. The summed E-state index contributed by atoms with van der Waals surface area (Å²) in [5, 5.41) is 3.22. The average Bonchev–Trinajstić information content (AvgIpc) is 2.78. The summed E-state index contributed by atoms with van der Waals surface area (Å²) in [7, 11) is 0. The number of halogens is 1. The Morgan fingerprint density at radius 2 is 2.12 bits per heavy atom. The first kappa shape index (κ1) is 10.7. The summed E-state index contributed by atoms with van der Waals surface area (Å²) >= 11 is 0. The summed E-state index contributed by atoms with van der Waals surface area (Å²) in [6, 6.07) is 2.88. The topological polar surface area (TPSA) is 39.7 Å². The Morgan fingerprint density at radius 1 is 1.29 bits per heavy atom. The van der Waals surface area contributed by atoms with E-state index in [4.69, 9.17) is 14.2 Å². The van der Waals surface area contributed by atoms with Gasteiger partial charge in [0.25, 0.3) is 0 Å². The highest BCUT2D eigenvalue weighted by molar-refractivity contribution is 5.47. The normalized spacial score (nSPS) is 22.5. The molecular formula is C12H14FNO3. The highest BCUT2D eigenvalue weighted by Gasteiger charge is 2.21. The van der Waals surface area contributed by atoms with Gasteiger partial charge < -0.3 is 19.5 Å². The molecular weight excluding hydrogens is 225 g/mol. The molecule has 0 bridgehead atoms. The Morgan fingerprint density at radius 3 is 2.88 bits per heavy atom. The summed E-state index contributed by atoms with van der Waals surface area (Å²) in [5.74, 6) is 0.824. The Kier molecular flexibility index (Phi) is 2.76. The molecule has 3 rings (SSSR count). The van der Waals surface area contributed by atoms with Crippen LogP contribution >= 0.6 is 0 Å². The number of nitrogens with one attached hydrogen (secondary N) is 1. The Bertz CT molecular complexity index is 418. The predicted molar refractivity (Wildman–Crippen MR) is 59.0 cm³/mol. The van der Waals surface area contributed by atoms with E-state index in [1.54, 1.807) is 6.07 Å². The van der Waals surface area contributed by atoms with Crippen LogP contribution in [0.5, 0.6) is 17.2 Å². The van der Waals surface area contributed by atoms with Crippen molar-refractivity contribution in [3.8, 4) is 17.2 Å². The average molecular weight is 239 g/mol. The summed E-state index contributed by atoms with van der Waals surface area (Å²) in [5.41, 5.74) is 0. The third kappa shape index (κ3) is 2.15. The first-order valence-electron chi connectivity index (χ1n) is 5.79. The molecule has 0 aliphatic carbocycles. The molecule has 0 saturated carbocycles. The molecule has 1 N–H and O–H groups in total. The molecule has 92 valence electrons. The smallest absolute Gasteiger partial charge is 0.231 e. The van der Waals surface area contributed by atoms with Crippen LogP contribution in [0.2, 0.25) is 0 Å². The van der Waals surface area contributed by atoms with Crippen molar-refractivity contribution in [1.29, 1.82) is 0 Å². The van der Waals surface area contributed by atoms with Crippen molar-refractivity contribution in [3.05, 3.63) is 17.9 Å². The van der Waals surface area contributed by atoms with Gasteiger partial charge in [0.2, 0.25) is 6.79 Å². The number of benzene rings is 1. The van der Waals surface area contributed by atoms with Crippen LogP contribution in [0.25, 0.3) is 0 Å². The van der Waals surface area contributed by atoms with Gasteiger partial charge in [-0.2, -0.15) is 0 Å². The van der Waals surface area contributed by atoms with Gasteiger partial charge >= 0.3 is 0 Å². The fraction of sp³-hybridized carbons (Fsp3) is 0.500. The quantitative estimate of drug-likeness (QED) is 0.852. The van der Waals surface area contributed by atoms with Crippen molar-refractivity contribution in [2.75, 3.05) is 19.9 Å². The minimum Gasteiger partial charge on any atom is -0.486 e. The lowest BCUT2D eigenvalue weighted by Crippen LogP contribution is -2.37. The Hall–Kier alpha value is -1.49. The fourth-order valence-electron chi connectivity index (χ4n) is 2.09. The van der Waals surface area contributed by atoms with Crippen molar-refractivity contribution in [2.45, 2.75) is 18.9 Å². The zero-order chi connectivity index (χ0) is 11.7. The molecule has 0 radical (unpaired) electrons. The van der Waals surface area contributed by atoms with E-state index < -0.39 is 5.82 Å². The van der Waals surface area contributed by atoms with Crippen molar-refractivity contribution < 1.29 is 18.6 Å². The van der Waals surface area contributed by atoms with Crippen molar-refractivity contribution in [1.82, 2.24) is 5.32 Å². The highest BCUT2D eigenvalue weighted by atomic mass is 19.1. The number of fused-ring (bicyclic) bond motifs is 1.